The van der Waals surface area contributed by atoms with E-state index in [0.717, 1.165) is 43.8 Å². The van der Waals surface area contributed by atoms with E-state index >= 15 is 0 Å². The Morgan fingerprint density at radius 2 is 1.13 bits per heavy atom. The first-order valence-electron chi connectivity index (χ1n) is 20.0. The van der Waals surface area contributed by atoms with Crippen LogP contribution in [0.4, 0.5) is 4.79 Å². The number of carboxylic acids is 1. The van der Waals surface area contributed by atoms with Crippen LogP contribution in [0.5, 0.6) is 17.2 Å². The van der Waals surface area contributed by atoms with Gasteiger partial charge in [0.15, 0.2) is 0 Å². The van der Waals surface area contributed by atoms with Gasteiger partial charge in [0, 0.05) is 18.1 Å². The molecule has 7 rings (SSSR count). The van der Waals surface area contributed by atoms with Crippen molar-refractivity contribution in [3.05, 3.63) is 185 Å². The van der Waals surface area contributed by atoms with Crippen molar-refractivity contribution >= 4 is 23.9 Å². The molecule has 0 radical (unpaired) electrons. The van der Waals surface area contributed by atoms with Crippen molar-refractivity contribution in [2.75, 3.05) is 34.5 Å². The predicted octanol–water partition coefficient (Wildman–Crippen LogP) is 7.53. The number of amides is 3. The van der Waals surface area contributed by atoms with Crippen molar-refractivity contribution in [3.63, 3.8) is 0 Å². The molecule has 0 aliphatic heterocycles. The van der Waals surface area contributed by atoms with Gasteiger partial charge in [-0.25, -0.2) is 4.79 Å². The first-order chi connectivity index (χ1) is 30.2. The minimum atomic E-state index is -1.60. The minimum absolute atomic E-state index is 0.0643. The highest BCUT2D eigenvalue weighted by atomic mass is 16.5. The van der Waals surface area contributed by atoms with E-state index < -0.39 is 48.4 Å². The molecule has 0 unspecified atom stereocenters. The van der Waals surface area contributed by atoms with Crippen LogP contribution >= 0.6 is 0 Å². The number of methoxy groups -OCH3 is 3. The summed E-state index contributed by atoms with van der Waals surface area (Å²) in [5, 5.41) is 16.0. The Bertz CT molecular complexity index is 2370. The van der Waals surface area contributed by atoms with Crippen molar-refractivity contribution in [1.29, 1.82) is 0 Å². The van der Waals surface area contributed by atoms with E-state index in [-0.39, 0.29) is 30.6 Å². The number of carbonyl (C=O) groups excluding carboxylic acids is 3. The molecule has 3 N–H and O–H groups in total. The number of hydrogen-bond acceptors (Lipinski definition) is 8. The van der Waals surface area contributed by atoms with Crippen LogP contribution in [0.1, 0.15) is 45.7 Å². The maximum absolute atomic E-state index is 14.8. The Hall–Kier alpha value is -7.60. The maximum atomic E-state index is 14.8. The monoisotopic (exact) mass is 833 g/mol. The topological polar surface area (TPSA) is 153 Å². The molecule has 0 aromatic heterocycles. The molecule has 1 aliphatic carbocycles. The molecule has 12 heteroatoms. The summed E-state index contributed by atoms with van der Waals surface area (Å²) >= 11 is 0. The zero-order valence-corrected chi connectivity index (χ0v) is 34.6. The van der Waals surface area contributed by atoms with Crippen LogP contribution in [-0.2, 0) is 31.2 Å². The number of ether oxygens (including phenoxy) is 4. The molecule has 3 amide bonds. The average Bonchev–Trinajstić information content (AvgIpc) is 3.63. The van der Waals surface area contributed by atoms with E-state index in [0.29, 0.717) is 11.3 Å². The maximum Gasteiger partial charge on any atom is 0.407 e. The van der Waals surface area contributed by atoms with Gasteiger partial charge in [-0.3, -0.25) is 14.4 Å². The SMILES string of the molecule is COc1cc(OC)c(CN(CC(=O)O)C(=O)[C@H](CC(=O)NC(c2ccccc2)(c2ccccc2)c2ccccc2)NC(=O)OCC2c3ccccc3-c3ccccc32)c(OC)c1. The number of nitrogens with zero attached hydrogens (tertiary/aromatic N) is 1. The van der Waals surface area contributed by atoms with Crippen LogP contribution in [0.25, 0.3) is 11.1 Å². The summed E-state index contributed by atoms with van der Waals surface area (Å²) in [4.78, 5) is 57.0. The molecule has 0 saturated carbocycles. The second kappa shape index (κ2) is 19.2. The Labute approximate surface area is 360 Å². The van der Waals surface area contributed by atoms with Crippen LogP contribution in [0.15, 0.2) is 152 Å². The summed E-state index contributed by atoms with van der Waals surface area (Å²) < 4.78 is 22.5. The number of rotatable bonds is 17. The van der Waals surface area contributed by atoms with Gasteiger partial charge >= 0.3 is 12.1 Å². The van der Waals surface area contributed by atoms with E-state index in [1.807, 2.05) is 140 Å². The fourth-order valence-corrected chi connectivity index (χ4v) is 8.23. The number of alkyl carbamates (subject to hydrolysis) is 1. The molecule has 0 spiro atoms. The Kier molecular flexibility index (Phi) is 13.2. The third kappa shape index (κ3) is 8.95. The van der Waals surface area contributed by atoms with Crippen LogP contribution in [0, 0.1) is 0 Å². The summed E-state index contributed by atoms with van der Waals surface area (Å²) in [5.41, 5.74) is 5.36. The van der Waals surface area contributed by atoms with E-state index in [9.17, 15) is 24.3 Å². The lowest BCUT2D eigenvalue weighted by Crippen LogP contribution is -2.54. The Morgan fingerprint density at radius 1 is 0.661 bits per heavy atom. The normalized spacial score (nSPS) is 12.2. The lowest BCUT2D eigenvalue weighted by atomic mass is 9.77. The van der Waals surface area contributed by atoms with Crippen molar-refractivity contribution in [2.45, 2.75) is 30.5 Å². The van der Waals surface area contributed by atoms with Gasteiger partial charge in [0.05, 0.1) is 39.9 Å². The number of fused-ring (bicyclic) bond motifs is 3. The van der Waals surface area contributed by atoms with Crippen molar-refractivity contribution in [3.8, 4) is 28.4 Å². The molecule has 0 heterocycles. The average molecular weight is 834 g/mol. The van der Waals surface area contributed by atoms with Gasteiger partial charge in [-0.1, -0.05) is 140 Å². The van der Waals surface area contributed by atoms with Crippen LogP contribution < -0.4 is 24.8 Å². The number of aliphatic carboxylic acids is 1. The molecule has 6 aromatic rings. The standard InChI is InChI=1S/C50H47N3O9/c1-59-36-27-44(60-2)41(45(28-36)61-3)30-53(31-47(55)56)48(57)43(51-49(58)62-32-42-39-25-15-13-23-37(39)38-24-14-16-26-40(38)42)29-46(54)52-50(33-17-7-4-8-18-33,34-19-9-5-10-20-34)35-21-11-6-12-22-35/h4-28,42-43H,29-32H2,1-3H3,(H,51,58)(H,52,54)(H,55,56)/t43-/m0/s1. The van der Waals surface area contributed by atoms with E-state index in [1.54, 1.807) is 12.1 Å². The number of nitrogens with one attached hydrogen (secondary N) is 2. The number of carbonyl (C=O) groups is 4. The Balaban J connectivity index is 1.24. The smallest absolute Gasteiger partial charge is 0.407 e. The molecule has 6 aromatic carbocycles. The molecule has 62 heavy (non-hydrogen) atoms. The van der Waals surface area contributed by atoms with Gasteiger partial charge in [-0.15, -0.1) is 0 Å². The molecular formula is C50H47N3O9. The highest BCUT2D eigenvalue weighted by Gasteiger charge is 2.40. The molecule has 316 valence electrons. The number of carboxylic acid groups (broad SMARTS) is 1. The molecular weight excluding hydrogens is 787 g/mol. The van der Waals surface area contributed by atoms with Crippen molar-refractivity contribution in [1.82, 2.24) is 15.5 Å². The number of hydrogen-bond donors (Lipinski definition) is 3. The molecule has 12 nitrogen and oxygen atoms in total. The van der Waals surface area contributed by atoms with Gasteiger partial charge < -0.3 is 39.6 Å². The second-order valence-corrected chi connectivity index (χ2v) is 14.7. The fraction of sp³-hybridized carbons (Fsp3) is 0.200. The molecule has 0 fully saturated rings. The number of benzene rings is 6. The van der Waals surface area contributed by atoms with E-state index in [1.165, 1.54) is 21.3 Å². The lowest BCUT2D eigenvalue weighted by molar-refractivity contribution is -0.146. The summed E-state index contributed by atoms with van der Waals surface area (Å²) in [7, 11) is 4.32. The summed E-state index contributed by atoms with van der Waals surface area (Å²) in [5.74, 6) is -2.15. The van der Waals surface area contributed by atoms with E-state index in [2.05, 4.69) is 10.6 Å². The molecule has 0 saturated heterocycles. The summed E-state index contributed by atoms with van der Waals surface area (Å²) in [6, 6.07) is 45.6. The third-order valence-electron chi connectivity index (χ3n) is 11.1. The van der Waals surface area contributed by atoms with Gasteiger partial charge in [-0.2, -0.15) is 0 Å². The minimum Gasteiger partial charge on any atom is -0.496 e. The molecule has 1 atom stereocenters. The van der Waals surface area contributed by atoms with Crippen molar-refractivity contribution in [2.24, 2.45) is 0 Å². The second-order valence-electron chi connectivity index (χ2n) is 14.7. The van der Waals surface area contributed by atoms with Crippen LogP contribution in [-0.4, -0.2) is 74.4 Å². The fourth-order valence-electron chi connectivity index (χ4n) is 8.23. The predicted molar refractivity (Wildman–Crippen MR) is 233 cm³/mol. The molecule has 1 aliphatic rings. The highest BCUT2D eigenvalue weighted by molar-refractivity contribution is 5.93. The Morgan fingerprint density at radius 3 is 1.58 bits per heavy atom. The third-order valence-corrected chi connectivity index (χ3v) is 11.1. The highest BCUT2D eigenvalue weighted by Crippen LogP contribution is 2.44. The van der Waals surface area contributed by atoms with Gasteiger partial charge in [0.25, 0.3) is 0 Å². The van der Waals surface area contributed by atoms with Gasteiger partial charge in [0.2, 0.25) is 11.8 Å². The van der Waals surface area contributed by atoms with Gasteiger partial charge in [-0.05, 0) is 38.9 Å². The summed E-state index contributed by atoms with van der Waals surface area (Å²) in [6.45, 7) is -1.18. The zero-order valence-electron chi connectivity index (χ0n) is 34.6. The first-order valence-corrected chi connectivity index (χ1v) is 20.0. The summed E-state index contributed by atoms with van der Waals surface area (Å²) in [6.07, 6.45) is -1.56. The van der Waals surface area contributed by atoms with Crippen LogP contribution in [0.3, 0.4) is 0 Å². The molecule has 0 bridgehead atoms. The largest absolute Gasteiger partial charge is 0.496 e. The van der Waals surface area contributed by atoms with Crippen molar-refractivity contribution < 1.29 is 43.2 Å². The lowest BCUT2D eigenvalue weighted by Gasteiger charge is -2.37. The van der Waals surface area contributed by atoms with Crippen LogP contribution in [0.2, 0.25) is 0 Å². The first kappa shape index (κ1) is 42.5. The quantitative estimate of drug-likeness (QED) is 0.0792. The van der Waals surface area contributed by atoms with Gasteiger partial charge in [0.1, 0.15) is 42.0 Å². The zero-order chi connectivity index (χ0) is 43.6. The van der Waals surface area contributed by atoms with E-state index in [4.69, 9.17) is 18.9 Å².